The summed E-state index contributed by atoms with van der Waals surface area (Å²) >= 11 is 0. The van der Waals surface area contributed by atoms with E-state index >= 15 is 0 Å². The second-order valence-electron chi connectivity index (χ2n) is 7.38. The van der Waals surface area contributed by atoms with Gasteiger partial charge < -0.3 is 21.1 Å². The van der Waals surface area contributed by atoms with Gasteiger partial charge in [-0.05, 0) is 48.4 Å². The lowest BCUT2D eigenvalue weighted by molar-refractivity contribution is 0.212. The molecule has 0 aromatic carbocycles. The molecule has 1 rings (SSSR count). The van der Waals surface area contributed by atoms with E-state index in [0.717, 1.165) is 48.4 Å². The van der Waals surface area contributed by atoms with Crippen LogP contribution in [0.1, 0.15) is 55.4 Å². The van der Waals surface area contributed by atoms with Gasteiger partial charge in [0.2, 0.25) is 0 Å². The summed E-state index contributed by atoms with van der Waals surface area (Å²) < 4.78 is 31.0. The van der Waals surface area contributed by atoms with Gasteiger partial charge in [-0.2, -0.15) is 0 Å². The van der Waals surface area contributed by atoms with Crippen molar-refractivity contribution < 1.29 is 16.5 Å². The Morgan fingerprint density at radius 2 is 0.556 bits per heavy atom. The highest BCUT2D eigenvalue weighted by Gasteiger charge is 2.58. The summed E-state index contributed by atoms with van der Waals surface area (Å²) in [6, 6.07) is 7.94. The average molecular weight is 486 g/mol. The van der Waals surface area contributed by atoms with Crippen LogP contribution >= 0.6 is 0 Å². The monoisotopic (exact) mass is 485 g/mol. The van der Waals surface area contributed by atoms with Crippen molar-refractivity contribution in [1.82, 2.24) is 4.65 Å². The van der Waals surface area contributed by atoms with Crippen molar-refractivity contribution in [1.29, 1.82) is 0 Å². The zero-order chi connectivity index (χ0) is 21.2. The van der Waals surface area contributed by atoms with Crippen molar-refractivity contribution in [2.45, 2.75) is 104 Å². The summed E-state index contributed by atoms with van der Waals surface area (Å²) in [6.07, 6.45) is 0. The van der Waals surface area contributed by atoms with Crippen LogP contribution in [0.15, 0.2) is 0 Å². The molecule has 0 radical (unpaired) electrons. The standard InChI is InChI=1S/C16H40O4Si4.H7NSi2/c1-9-21(10-2)17-22(11-3,12-4)19-24(15-7,16-8)20-23(13-5,14-6)18-21;2-1-3/h9-16H2,1-8H3;1H,2-3H3. The molecule has 27 heavy (non-hydrogen) atoms. The van der Waals surface area contributed by atoms with Crippen LogP contribution in [0.25, 0.3) is 0 Å². The van der Waals surface area contributed by atoms with Gasteiger partial charge in [-0.3, -0.25) is 0 Å². The van der Waals surface area contributed by atoms with Crippen LogP contribution in [0.3, 0.4) is 0 Å². The molecule has 1 aliphatic rings. The van der Waals surface area contributed by atoms with E-state index in [1.807, 2.05) is 0 Å². The third-order valence-corrected chi connectivity index (χ3v) is 26.3. The molecule has 0 atom stereocenters. The number of nitrogens with one attached hydrogen (secondary N) is 1. The van der Waals surface area contributed by atoms with E-state index in [1.165, 1.54) is 20.8 Å². The van der Waals surface area contributed by atoms with Crippen LogP contribution in [-0.2, 0) is 16.5 Å². The molecule has 0 spiro atoms. The van der Waals surface area contributed by atoms with Gasteiger partial charge in [0.05, 0.1) is 20.8 Å². The maximum Gasteiger partial charge on any atom is 0.320 e. The molecule has 11 heteroatoms. The third-order valence-electron chi connectivity index (χ3n) is 5.80. The minimum atomic E-state index is -2.26. The molecular weight excluding hydrogens is 439 g/mol. The minimum Gasteiger partial charge on any atom is -0.415 e. The molecule has 0 aromatic heterocycles. The quantitative estimate of drug-likeness (QED) is 0.535. The van der Waals surface area contributed by atoms with E-state index in [-0.39, 0.29) is 0 Å². The molecule has 164 valence electrons. The second-order valence-corrected chi connectivity index (χ2v) is 27.6. The Balaban J connectivity index is 0.00000210. The van der Waals surface area contributed by atoms with E-state index in [2.05, 4.69) is 60.0 Å². The maximum absolute atomic E-state index is 7.00. The molecule has 0 aliphatic carbocycles. The highest BCUT2D eigenvalue weighted by Crippen LogP contribution is 2.41. The molecule has 0 unspecified atom stereocenters. The highest BCUT2D eigenvalue weighted by molar-refractivity contribution is 6.94. The highest BCUT2D eigenvalue weighted by atomic mass is 28.5. The van der Waals surface area contributed by atoms with Gasteiger partial charge in [-0.1, -0.05) is 55.4 Å². The first-order valence-corrected chi connectivity index (χ1v) is 22.0. The Hall–Kier alpha value is 1.10. The molecular formula is C16H47NO4Si6. The number of hydrogen-bond acceptors (Lipinski definition) is 5. The first-order valence-electron chi connectivity index (χ1n) is 11.1. The molecule has 1 aliphatic heterocycles. The predicted octanol–water partition coefficient (Wildman–Crippen LogP) is 3.13. The molecule has 0 amide bonds. The van der Waals surface area contributed by atoms with E-state index in [9.17, 15) is 0 Å². The Kier molecular flexibility index (Phi) is 13.2. The summed E-state index contributed by atoms with van der Waals surface area (Å²) in [6.45, 7) is 17.9. The zero-order valence-electron chi connectivity index (χ0n) is 19.8. The van der Waals surface area contributed by atoms with Crippen molar-refractivity contribution in [3.8, 4) is 0 Å². The van der Waals surface area contributed by atoms with Crippen molar-refractivity contribution in [2.75, 3.05) is 0 Å². The fourth-order valence-corrected chi connectivity index (χ4v) is 27.8. The van der Waals surface area contributed by atoms with Crippen LogP contribution in [0, 0.1) is 0 Å². The molecule has 1 saturated heterocycles. The van der Waals surface area contributed by atoms with E-state index < -0.39 is 34.2 Å². The molecule has 1 heterocycles. The van der Waals surface area contributed by atoms with Gasteiger partial charge in [-0.15, -0.1) is 0 Å². The van der Waals surface area contributed by atoms with Crippen molar-refractivity contribution in [3.63, 3.8) is 0 Å². The fraction of sp³-hybridized carbons (Fsp3) is 1.00. The summed E-state index contributed by atoms with van der Waals surface area (Å²) in [4.78, 5) is 0. The van der Waals surface area contributed by atoms with Gasteiger partial charge >= 0.3 is 34.2 Å². The SMILES string of the molecule is CC[Si]1(CC)O[Si](CC)(CC)O[Si](CC)(CC)O[Si](CC)(CC)O1.[SiH3]N[SiH3]. The molecule has 0 aromatic rings. The van der Waals surface area contributed by atoms with Gasteiger partial charge in [0.1, 0.15) is 0 Å². The Bertz CT molecular complexity index is 314. The lowest BCUT2D eigenvalue weighted by atomic mass is 10.9. The number of rotatable bonds is 8. The summed E-state index contributed by atoms with van der Waals surface area (Å²) in [7, 11) is -6.68. The number of hydrogen-bond donors (Lipinski definition) is 1. The average Bonchev–Trinajstić information content (AvgIpc) is 2.70. The summed E-state index contributed by atoms with van der Waals surface area (Å²) in [5, 5.41) is 0. The second kappa shape index (κ2) is 12.7. The first kappa shape index (κ1) is 28.1. The van der Waals surface area contributed by atoms with Crippen molar-refractivity contribution >= 4 is 55.1 Å². The molecule has 0 bridgehead atoms. The molecule has 0 saturated carbocycles. The van der Waals surface area contributed by atoms with Gasteiger partial charge in [0.15, 0.2) is 0 Å². The van der Waals surface area contributed by atoms with Crippen LogP contribution in [0.5, 0.6) is 0 Å². The van der Waals surface area contributed by atoms with Gasteiger partial charge in [-0.25, -0.2) is 0 Å². The van der Waals surface area contributed by atoms with Crippen LogP contribution in [0.2, 0.25) is 48.4 Å². The van der Waals surface area contributed by atoms with Crippen LogP contribution in [-0.4, -0.2) is 55.1 Å². The first-order chi connectivity index (χ1) is 12.7. The molecule has 5 nitrogen and oxygen atoms in total. The summed E-state index contributed by atoms with van der Waals surface area (Å²) in [5.41, 5.74) is 0. The Morgan fingerprint density at radius 3 is 0.630 bits per heavy atom. The molecule has 1 fully saturated rings. The van der Waals surface area contributed by atoms with Crippen LogP contribution < -0.4 is 4.65 Å². The van der Waals surface area contributed by atoms with Gasteiger partial charge in [0, 0.05) is 0 Å². The minimum absolute atomic E-state index is 0.993. The largest absolute Gasteiger partial charge is 0.415 e. The topological polar surface area (TPSA) is 49.0 Å². The zero-order valence-corrected chi connectivity index (χ0v) is 27.8. The fourth-order valence-electron chi connectivity index (χ4n) is 3.59. The normalized spacial score (nSPS) is 23.1. The van der Waals surface area contributed by atoms with E-state index in [0.29, 0.717) is 0 Å². The smallest absolute Gasteiger partial charge is 0.320 e. The van der Waals surface area contributed by atoms with E-state index in [1.54, 1.807) is 0 Å². The third kappa shape index (κ3) is 7.08. The van der Waals surface area contributed by atoms with Gasteiger partial charge in [0.25, 0.3) is 0 Å². The summed E-state index contributed by atoms with van der Waals surface area (Å²) in [5.74, 6) is 0. The van der Waals surface area contributed by atoms with Crippen LogP contribution in [0.4, 0.5) is 0 Å². The lowest BCUT2D eigenvalue weighted by Gasteiger charge is -2.52. The maximum atomic E-state index is 7.00. The van der Waals surface area contributed by atoms with Crippen molar-refractivity contribution in [3.05, 3.63) is 0 Å². The predicted molar refractivity (Wildman–Crippen MR) is 134 cm³/mol. The van der Waals surface area contributed by atoms with Crippen molar-refractivity contribution in [2.24, 2.45) is 0 Å². The lowest BCUT2D eigenvalue weighted by Crippen LogP contribution is -2.69. The Morgan fingerprint density at radius 1 is 0.444 bits per heavy atom. The molecule has 1 N–H and O–H groups in total. The Labute approximate surface area is 179 Å². The van der Waals surface area contributed by atoms with E-state index in [4.69, 9.17) is 16.5 Å².